The summed E-state index contributed by atoms with van der Waals surface area (Å²) in [7, 11) is 0. The fraction of sp³-hybridized carbons (Fsp3) is 0.966. The molecule has 7 nitrogen and oxygen atoms in total. The van der Waals surface area contributed by atoms with Gasteiger partial charge in [-0.3, -0.25) is 14.5 Å². The van der Waals surface area contributed by atoms with Gasteiger partial charge in [0.15, 0.2) is 0 Å². The van der Waals surface area contributed by atoms with E-state index in [0.717, 1.165) is 96.9 Å². The Morgan fingerprint density at radius 1 is 0.431 bits per heavy atom. The summed E-state index contributed by atoms with van der Waals surface area (Å²) < 4.78 is 11.9. The van der Waals surface area contributed by atoms with Gasteiger partial charge in [-0.05, 0) is 109 Å². The quantitative estimate of drug-likeness (QED) is 0.0481. The largest absolute Gasteiger partial charge is 0.465 e. The Labute approximate surface area is 405 Å². The molecule has 0 aromatic carbocycles. The standard InChI is InChI=1S/C58H114N2O5/c1-6-11-15-19-23-29-38-53(39-30-24-20-16-12-7-2)51-64-57(62)44-33-27-35-47-59(49-50-60(46-10-5)55-42-37-43-56(55)61)48-36-28-34-45-58(63)65-52-54(40-31-25-21-17-13-8-3)41-32-26-22-18-14-9-4/h53-56,61H,6-52H2,1-5H3. The van der Waals surface area contributed by atoms with E-state index in [1.165, 1.54) is 180 Å². The van der Waals surface area contributed by atoms with E-state index >= 15 is 0 Å². The van der Waals surface area contributed by atoms with Crippen molar-refractivity contribution in [1.29, 1.82) is 0 Å². The van der Waals surface area contributed by atoms with Gasteiger partial charge in [0.1, 0.15) is 0 Å². The van der Waals surface area contributed by atoms with Crippen LogP contribution in [0.15, 0.2) is 0 Å². The van der Waals surface area contributed by atoms with Gasteiger partial charge < -0.3 is 19.5 Å². The first kappa shape index (κ1) is 61.8. The Kier molecular flexibility index (Phi) is 44.3. The number of aliphatic hydroxyl groups is 1. The monoisotopic (exact) mass is 919 g/mol. The number of hydrogen-bond acceptors (Lipinski definition) is 7. The first-order valence-corrected chi connectivity index (χ1v) is 29.3. The number of esters is 2. The zero-order valence-electron chi connectivity index (χ0n) is 44.5. The smallest absolute Gasteiger partial charge is 0.305 e. The molecule has 1 N–H and O–H groups in total. The van der Waals surface area contributed by atoms with Gasteiger partial charge >= 0.3 is 11.9 Å². The van der Waals surface area contributed by atoms with E-state index < -0.39 is 0 Å². The number of aliphatic hydroxyl groups excluding tert-OH is 1. The van der Waals surface area contributed by atoms with Gasteiger partial charge in [-0.25, -0.2) is 0 Å². The second-order valence-corrected chi connectivity index (χ2v) is 20.9. The van der Waals surface area contributed by atoms with Crippen LogP contribution < -0.4 is 0 Å². The van der Waals surface area contributed by atoms with Gasteiger partial charge in [0.25, 0.3) is 0 Å². The Bertz CT molecular complexity index is 932. The van der Waals surface area contributed by atoms with Crippen molar-refractivity contribution < 1.29 is 24.2 Å². The van der Waals surface area contributed by atoms with Crippen LogP contribution in [0.4, 0.5) is 0 Å². The third-order valence-corrected chi connectivity index (χ3v) is 14.7. The Morgan fingerprint density at radius 3 is 1.15 bits per heavy atom. The van der Waals surface area contributed by atoms with Crippen LogP contribution in [0, 0.1) is 11.8 Å². The molecule has 0 spiro atoms. The third kappa shape index (κ3) is 37.4. The van der Waals surface area contributed by atoms with Gasteiger partial charge in [-0.2, -0.15) is 0 Å². The van der Waals surface area contributed by atoms with Crippen LogP contribution in [0.5, 0.6) is 0 Å². The summed E-state index contributed by atoms with van der Waals surface area (Å²) in [5.74, 6) is 1.01. The van der Waals surface area contributed by atoms with Gasteiger partial charge in [0, 0.05) is 32.0 Å². The van der Waals surface area contributed by atoms with Crippen molar-refractivity contribution >= 4 is 11.9 Å². The van der Waals surface area contributed by atoms with Crippen molar-refractivity contribution in [3.05, 3.63) is 0 Å². The first-order valence-electron chi connectivity index (χ1n) is 29.3. The Hall–Kier alpha value is -1.18. The summed E-state index contributed by atoms with van der Waals surface area (Å²) in [6.45, 7) is 17.7. The van der Waals surface area contributed by atoms with Crippen LogP contribution in [0.25, 0.3) is 0 Å². The molecule has 2 unspecified atom stereocenters. The lowest BCUT2D eigenvalue weighted by molar-refractivity contribution is -0.146. The topological polar surface area (TPSA) is 79.3 Å². The highest BCUT2D eigenvalue weighted by Crippen LogP contribution is 2.25. The lowest BCUT2D eigenvalue weighted by Crippen LogP contribution is -2.45. The predicted molar refractivity (Wildman–Crippen MR) is 280 cm³/mol. The molecule has 0 radical (unpaired) electrons. The van der Waals surface area contributed by atoms with Crippen LogP contribution in [0.2, 0.25) is 0 Å². The summed E-state index contributed by atoms with van der Waals surface area (Å²) in [5, 5.41) is 10.7. The molecule has 1 saturated carbocycles. The number of nitrogens with zero attached hydrogens (tertiary/aromatic N) is 2. The van der Waals surface area contributed by atoms with Crippen LogP contribution in [0.3, 0.4) is 0 Å². The molecule has 0 aromatic rings. The van der Waals surface area contributed by atoms with Crippen molar-refractivity contribution in [2.24, 2.45) is 11.8 Å². The van der Waals surface area contributed by atoms with Crippen molar-refractivity contribution in [1.82, 2.24) is 9.80 Å². The van der Waals surface area contributed by atoms with Gasteiger partial charge in [-0.15, -0.1) is 0 Å². The molecule has 0 bridgehead atoms. The molecule has 0 aromatic heterocycles. The molecule has 0 heterocycles. The van der Waals surface area contributed by atoms with E-state index in [9.17, 15) is 14.7 Å². The van der Waals surface area contributed by atoms with Crippen molar-refractivity contribution in [2.75, 3.05) is 45.9 Å². The Balaban J connectivity index is 2.58. The minimum atomic E-state index is -0.197. The van der Waals surface area contributed by atoms with Crippen LogP contribution in [0.1, 0.15) is 291 Å². The van der Waals surface area contributed by atoms with E-state index in [0.29, 0.717) is 43.9 Å². The van der Waals surface area contributed by atoms with E-state index in [-0.39, 0.29) is 18.0 Å². The summed E-state index contributed by atoms with van der Waals surface area (Å²) in [4.78, 5) is 31.0. The minimum absolute atomic E-state index is 0.00673. The number of unbranched alkanes of at least 4 members (excludes halogenated alkanes) is 24. The predicted octanol–water partition coefficient (Wildman–Crippen LogP) is 16.4. The molecule has 1 fully saturated rings. The zero-order chi connectivity index (χ0) is 47.3. The Morgan fingerprint density at radius 2 is 0.800 bits per heavy atom. The fourth-order valence-electron chi connectivity index (χ4n) is 10.3. The summed E-state index contributed by atoms with van der Waals surface area (Å²) in [6, 6.07) is 0.293. The summed E-state index contributed by atoms with van der Waals surface area (Å²) >= 11 is 0. The van der Waals surface area contributed by atoms with Gasteiger partial charge in [0.2, 0.25) is 0 Å². The molecule has 2 atom stereocenters. The average Bonchev–Trinajstić information content (AvgIpc) is 3.74. The van der Waals surface area contributed by atoms with Crippen molar-refractivity contribution in [3.8, 4) is 0 Å². The maximum atomic E-state index is 12.9. The maximum Gasteiger partial charge on any atom is 0.305 e. The molecule has 65 heavy (non-hydrogen) atoms. The summed E-state index contributed by atoms with van der Waals surface area (Å²) in [5.41, 5.74) is 0. The molecular formula is C58H114N2O5. The van der Waals surface area contributed by atoms with Gasteiger partial charge in [-0.1, -0.05) is 202 Å². The van der Waals surface area contributed by atoms with E-state index in [2.05, 4.69) is 44.4 Å². The number of ether oxygens (including phenoxy) is 2. The van der Waals surface area contributed by atoms with Crippen LogP contribution in [-0.2, 0) is 19.1 Å². The lowest BCUT2D eigenvalue weighted by Gasteiger charge is -2.33. The molecule has 386 valence electrons. The average molecular weight is 920 g/mol. The molecule has 0 saturated heterocycles. The lowest BCUT2D eigenvalue weighted by atomic mass is 9.94. The number of carbonyl (C=O) groups is 2. The van der Waals surface area contributed by atoms with Gasteiger partial charge in [0.05, 0.1) is 19.3 Å². The first-order chi connectivity index (χ1) is 31.9. The molecule has 0 aliphatic heterocycles. The van der Waals surface area contributed by atoms with E-state index in [4.69, 9.17) is 9.47 Å². The van der Waals surface area contributed by atoms with Crippen LogP contribution in [-0.4, -0.2) is 84.9 Å². The number of hydrogen-bond donors (Lipinski definition) is 1. The van der Waals surface area contributed by atoms with Crippen molar-refractivity contribution in [3.63, 3.8) is 0 Å². The summed E-state index contributed by atoms with van der Waals surface area (Å²) in [6.07, 6.45) is 47.5. The highest BCUT2D eigenvalue weighted by Gasteiger charge is 2.30. The SMILES string of the molecule is CCCCCCCCC(CCCCCCCC)COC(=O)CCCCCN(CCCCCC(=O)OCC(CCCCCCCC)CCCCCCCC)CCN(CCC)C1CCCC1O. The zero-order valence-corrected chi connectivity index (χ0v) is 44.5. The van der Waals surface area contributed by atoms with E-state index in [1.54, 1.807) is 0 Å². The van der Waals surface area contributed by atoms with Crippen LogP contribution >= 0.6 is 0 Å². The normalized spacial score (nSPS) is 15.4. The molecule has 1 rings (SSSR count). The highest BCUT2D eigenvalue weighted by atomic mass is 16.5. The molecule has 1 aliphatic carbocycles. The molecule has 1 aliphatic rings. The number of rotatable bonds is 50. The molecule has 0 amide bonds. The van der Waals surface area contributed by atoms with Crippen molar-refractivity contribution in [2.45, 2.75) is 304 Å². The highest BCUT2D eigenvalue weighted by molar-refractivity contribution is 5.69. The molecular weight excluding hydrogens is 805 g/mol. The fourth-order valence-corrected chi connectivity index (χ4v) is 10.3. The second kappa shape index (κ2) is 46.5. The number of carbonyl (C=O) groups excluding carboxylic acids is 2. The van der Waals surface area contributed by atoms with E-state index in [1.807, 2.05) is 0 Å². The third-order valence-electron chi connectivity index (χ3n) is 14.7. The second-order valence-electron chi connectivity index (χ2n) is 20.9. The maximum absolute atomic E-state index is 12.9. The molecule has 7 heteroatoms. The minimum Gasteiger partial charge on any atom is -0.465 e.